The number of pyridine rings is 1. The lowest BCUT2D eigenvalue weighted by molar-refractivity contribution is -0.123. The van der Waals surface area contributed by atoms with Gasteiger partial charge in [-0.15, -0.1) is 0 Å². The van der Waals surface area contributed by atoms with Crippen LogP contribution in [0.15, 0.2) is 30.5 Å². The lowest BCUT2D eigenvalue weighted by Gasteiger charge is -2.15. The van der Waals surface area contributed by atoms with Crippen LogP contribution in [0.3, 0.4) is 0 Å². The molecule has 1 heterocycles. The summed E-state index contributed by atoms with van der Waals surface area (Å²) in [5, 5.41) is 3.17. The predicted molar refractivity (Wildman–Crippen MR) is 102 cm³/mol. The third-order valence-electron chi connectivity index (χ3n) is 3.39. The molecule has 0 aliphatic carbocycles. The van der Waals surface area contributed by atoms with E-state index < -0.39 is 18.0 Å². The number of aromatic nitrogens is 1. The van der Waals surface area contributed by atoms with E-state index in [-0.39, 0.29) is 16.4 Å². The molecular formula is C18H18Cl2N2O5. The van der Waals surface area contributed by atoms with Gasteiger partial charge >= 0.3 is 5.97 Å². The summed E-state index contributed by atoms with van der Waals surface area (Å²) in [5.41, 5.74) is 0.129. The highest BCUT2D eigenvalue weighted by atomic mass is 35.5. The molecule has 2 rings (SSSR count). The second kappa shape index (κ2) is 9.43. The van der Waals surface area contributed by atoms with Crippen LogP contribution < -0.4 is 14.8 Å². The van der Waals surface area contributed by atoms with Crippen LogP contribution in [-0.4, -0.2) is 36.7 Å². The monoisotopic (exact) mass is 412 g/mol. The molecule has 2 aromatic rings. The Morgan fingerprint density at radius 1 is 1.26 bits per heavy atom. The quantitative estimate of drug-likeness (QED) is 0.691. The maximum atomic E-state index is 12.4. The lowest BCUT2D eigenvalue weighted by atomic mass is 10.2. The lowest BCUT2D eigenvalue weighted by Crippen LogP contribution is -2.30. The summed E-state index contributed by atoms with van der Waals surface area (Å²) < 4.78 is 15.8. The molecule has 0 aliphatic rings. The van der Waals surface area contributed by atoms with E-state index in [9.17, 15) is 9.59 Å². The van der Waals surface area contributed by atoms with Crippen LogP contribution in [0.25, 0.3) is 0 Å². The zero-order valence-corrected chi connectivity index (χ0v) is 16.4. The summed E-state index contributed by atoms with van der Waals surface area (Å²) in [6.45, 7) is 3.63. The molecule has 1 aromatic carbocycles. The molecule has 1 atom stereocenters. The summed E-state index contributed by atoms with van der Waals surface area (Å²) in [4.78, 5) is 28.5. The number of carbonyl (C=O) groups is 2. The first-order chi connectivity index (χ1) is 12.8. The van der Waals surface area contributed by atoms with Crippen molar-refractivity contribution in [3.8, 4) is 11.5 Å². The molecule has 0 saturated heterocycles. The van der Waals surface area contributed by atoms with Crippen molar-refractivity contribution in [2.45, 2.75) is 20.0 Å². The molecule has 0 saturated carbocycles. The van der Waals surface area contributed by atoms with Gasteiger partial charge < -0.3 is 19.5 Å². The molecule has 1 aromatic heterocycles. The van der Waals surface area contributed by atoms with Crippen LogP contribution in [0.4, 0.5) is 5.82 Å². The average Bonchev–Trinajstić information content (AvgIpc) is 2.64. The van der Waals surface area contributed by atoms with Crippen molar-refractivity contribution in [3.05, 3.63) is 46.1 Å². The number of rotatable bonds is 7. The van der Waals surface area contributed by atoms with Gasteiger partial charge in [-0.2, -0.15) is 0 Å². The van der Waals surface area contributed by atoms with Gasteiger partial charge in [0, 0.05) is 6.20 Å². The number of ether oxygens (including phenoxy) is 3. The molecule has 144 valence electrons. The van der Waals surface area contributed by atoms with Crippen LogP contribution in [0.2, 0.25) is 10.0 Å². The Balaban J connectivity index is 2.08. The van der Waals surface area contributed by atoms with Gasteiger partial charge in [-0.25, -0.2) is 9.78 Å². The second-order valence-electron chi connectivity index (χ2n) is 5.32. The van der Waals surface area contributed by atoms with E-state index in [1.54, 1.807) is 13.0 Å². The van der Waals surface area contributed by atoms with Gasteiger partial charge in [0.2, 0.25) is 0 Å². The van der Waals surface area contributed by atoms with Crippen LogP contribution >= 0.6 is 23.2 Å². The Morgan fingerprint density at radius 2 is 2.00 bits per heavy atom. The Bertz CT molecular complexity index is 827. The maximum Gasteiger partial charge on any atom is 0.339 e. The van der Waals surface area contributed by atoms with E-state index >= 15 is 0 Å². The Kier molecular flexibility index (Phi) is 7.27. The van der Waals surface area contributed by atoms with E-state index in [1.165, 1.54) is 38.4 Å². The summed E-state index contributed by atoms with van der Waals surface area (Å²) in [6, 6.07) is 5.94. The number of nitrogens with one attached hydrogen (secondary N) is 1. The van der Waals surface area contributed by atoms with Crippen molar-refractivity contribution in [1.82, 2.24) is 4.98 Å². The van der Waals surface area contributed by atoms with Crippen LogP contribution in [0, 0.1) is 0 Å². The molecule has 1 N–H and O–H groups in total. The van der Waals surface area contributed by atoms with E-state index in [2.05, 4.69) is 10.3 Å². The molecular weight excluding hydrogens is 395 g/mol. The number of anilines is 1. The number of esters is 1. The van der Waals surface area contributed by atoms with Gasteiger partial charge in [-0.1, -0.05) is 23.2 Å². The number of methoxy groups -OCH3 is 1. The van der Waals surface area contributed by atoms with Gasteiger partial charge in [0.05, 0.1) is 29.3 Å². The van der Waals surface area contributed by atoms with E-state index in [0.717, 1.165) is 0 Å². The number of carbonyl (C=O) groups excluding carboxylic acids is 2. The minimum Gasteiger partial charge on any atom is -0.493 e. The number of hydrogen-bond acceptors (Lipinski definition) is 6. The fourth-order valence-corrected chi connectivity index (χ4v) is 2.46. The highest BCUT2D eigenvalue weighted by molar-refractivity contribution is 6.32. The van der Waals surface area contributed by atoms with Gasteiger partial charge in [0.25, 0.3) is 5.91 Å². The van der Waals surface area contributed by atoms with E-state index in [4.69, 9.17) is 37.4 Å². The highest BCUT2D eigenvalue weighted by Crippen LogP contribution is 2.36. The Labute approximate surface area is 166 Å². The van der Waals surface area contributed by atoms with Crippen LogP contribution in [0.1, 0.15) is 24.2 Å². The number of benzene rings is 1. The number of nitrogens with zero attached hydrogens (tertiary/aromatic N) is 1. The van der Waals surface area contributed by atoms with Gasteiger partial charge in [0.1, 0.15) is 5.82 Å². The summed E-state index contributed by atoms with van der Waals surface area (Å²) >= 11 is 11.9. The Morgan fingerprint density at radius 3 is 2.59 bits per heavy atom. The third-order valence-corrected chi connectivity index (χ3v) is 3.89. The normalized spacial score (nSPS) is 11.4. The standard InChI is InChI=1S/C18H18Cl2N2O5/c1-4-26-16-13(20)7-11(8-14(16)25-3)18(24)27-10(2)17(23)22-15-6-5-12(19)9-21-15/h5-10H,4H2,1-3H3,(H,21,22,23)/t10-/m0/s1. The summed E-state index contributed by atoms with van der Waals surface area (Å²) in [5.74, 6) is -0.359. The van der Waals surface area contributed by atoms with E-state index in [0.29, 0.717) is 23.1 Å². The smallest absolute Gasteiger partial charge is 0.339 e. The molecule has 9 heteroatoms. The van der Waals surface area contributed by atoms with Crippen molar-refractivity contribution in [2.24, 2.45) is 0 Å². The second-order valence-corrected chi connectivity index (χ2v) is 6.16. The van der Waals surface area contributed by atoms with Crippen molar-refractivity contribution in [1.29, 1.82) is 0 Å². The first kappa shape index (κ1) is 20.8. The zero-order valence-electron chi connectivity index (χ0n) is 14.9. The molecule has 7 nitrogen and oxygen atoms in total. The van der Waals surface area contributed by atoms with Crippen LogP contribution in [0.5, 0.6) is 11.5 Å². The molecule has 1 amide bonds. The average molecular weight is 413 g/mol. The molecule has 0 bridgehead atoms. The maximum absolute atomic E-state index is 12.4. The highest BCUT2D eigenvalue weighted by Gasteiger charge is 2.22. The van der Waals surface area contributed by atoms with Gasteiger partial charge in [0.15, 0.2) is 17.6 Å². The molecule has 0 aliphatic heterocycles. The Hall–Kier alpha value is -2.51. The fourth-order valence-electron chi connectivity index (χ4n) is 2.08. The summed E-state index contributed by atoms with van der Waals surface area (Å²) in [7, 11) is 1.43. The van der Waals surface area contributed by atoms with Crippen LogP contribution in [-0.2, 0) is 9.53 Å². The minimum atomic E-state index is -1.06. The summed E-state index contributed by atoms with van der Waals surface area (Å²) in [6.07, 6.45) is 0.327. The number of hydrogen-bond donors (Lipinski definition) is 1. The third kappa shape index (κ3) is 5.48. The molecule has 0 spiro atoms. The topological polar surface area (TPSA) is 86.8 Å². The van der Waals surface area contributed by atoms with Gasteiger partial charge in [-0.3, -0.25) is 4.79 Å². The molecule has 0 radical (unpaired) electrons. The minimum absolute atomic E-state index is 0.129. The number of amides is 1. The largest absolute Gasteiger partial charge is 0.493 e. The van der Waals surface area contributed by atoms with Crippen molar-refractivity contribution >= 4 is 40.9 Å². The number of halogens is 2. The van der Waals surface area contributed by atoms with Crippen molar-refractivity contribution in [3.63, 3.8) is 0 Å². The fraction of sp³-hybridized carbons (Fsp3) is 0.278. The predicted octanol–water partition coefficient (Wildman–Crippen LogP) is 3.98. The first-order valence-corrected chi connectivity index (χ1v) is 8.75. The SMILES string of the molecule is CCOc1c(Cl)cc(C(=O)O[C@@H](C)C(=O)Nc2ccc(Cl)cn2)cc1OC. The van der Waals surface area contributed by atoms with Crippen molar-refractivity contribution in [2.75, 3.05) is 19.0 Å². The molecule has 0 unspecified atom stereocenters. The zero-order chi connectivity index (χ0) is 20.0. The first-order valence-electron chi connectivity index (χ1n) is 7.99. The van der Waals surface area contributed by atoms with Crippen molar-refractivity contribution < 1.29 is 23.8 Å². The van der Waals surface area contributed by atoms with Gasteiger partial charge in [-0.05, 0) is 38.1 Å². The molecule has 0 fully saturated rings. The molecule has 27 heavy (non-hydrogen) atoms. The van der Waals surface area contributed by atoms with E-state index in [1.807, 2.05) is 0 Å².